The summed E-state index contributed by atoms with van der Waals surface area (Å²) < 4.78 is 0. The van der Waals surface area contributed by atoms with E-state index in [1.807, 2.05) is 30.5 Å². The number of hydrogen-bond donors (Lipinski definition) is 5. The van der Waals surface area contributed by atoms with Crippen molar-refractivity contribution in [2.24, 2.45) is 17.6 Å². The molecule has 2 aliphatic carbocycles. The number of carboxylic acid groups (broad SMARTS) is 1. The van der Waals surface area contributed by atoms with E-state index in [0.717, 1.165) is 16.5 Å². The maximum absolute atomic E-state index is 12.6. The third-order valence-corrected chi connectivity index (χ3v) is 5.68. The molecule has 28 heavy (non-hydrogen) atoms. The number of aliphatic hydroxyl groups excluding tert-OH is 1. The van der Waals surface area contributed by atoms with Gasteiger partial charge in [-0.1, -0.05) is 18.2 Å². The molecule has 2 fully saturated rings. The molecule has 0 bridgehead atoms. The number of rotatable bonds is 5. The van der Waals surface area contributed by atoms with Gasteiger partial charge >= 0.3 is 12.1 Å². The summed E-state index contributed by atoms with van der Waals surface area (Å²) in [6.45, 7) is 0. The van der Waals surface area contributed by atoms with Crippen molar-refractivity contribution in [2.45, 2.75) is 36.9 Å². The van der Waals surface area contributed by atoms with Crippen LogP contribution in [0.1, 0.15) is 18.4 Å². The Morgan fingerprint density at radius 3 is 2.61 bits per heavy atom. The number of nitrogens with two attached hydrogens (primary N) is 1. The van der Waals surface area contributed by atoms with E-state index in [1.54, 1.807) is 0 Å². The molecule has 1 amide bonds. The van der Waals surface area contributed by atoms with E-state index in [4.69, 9.17) is 15.3 Å². The molecular weight excluding hydrogens is 366 g/mol. The Morgan fingerprint density at radius 1 is 1.36 bits per heavy atom. The standard InChI is InChI=1S/C18H21N3O4.CO2/c19-13(5-9-8-20-14-4-2-1-3-10(9)14)16(23)21-18(17(24)25)7-15(22)11-6-12(11)18;2-1-3/h1-4,8,11-13,15,20,22H,5-7,19H2,(H,21,23)(H,24,25);/t11-,12+,13-,15-,18-;/m0./s1. The molecule has 0 spiro atoms. The van der Waals surface area contributed by atoms with E-state index in [9.17, 15) is 19.8 Å². The average molecular weight is 387 g/mol. The minimum Gasteiger partial charge on any atom is -0.479 e. The zero-order valence-corrected chi connectivity index (χ0v) is 14.9. The van der Waals surface area contributed by atoms with Gasteiger partial charge in [-0.2, -0.15) is 9.59 Å². The van der Waals surface area contributed by atoms with Crippen LogP contribution in [0.25, 0.3) is 10.9 Å². The van der Waals surface area contributed by atoms with Gasteiger partial charge in [0.2, 0.25) is 5.91 Å². The smallest absolute Gasteiger partial charge is 0.373 e. The number of carbonyl (C=O) groups excluding carboxylic acids is 3. The first-order valence-electron chi connectivity index (χ1n) is 8.87. The van der Waals surface area contributed by atoms with Crippen molar-refractivity contribution in [1.29, 1.82) is 0 Å². The van der Waals surface area contributed by atoms with Gasteiger partial charge in [-0.15, -0.1) is 0 Å². The van der Waals surface area contributed by atoms with Gasteiger partial charge in [0.15, 0.2) is 0 Å². The van der Waals surface area contributed by atoms with Crippen molar-refractivity contribution >= 4 is 28.9 Å². The van der Waals surface area contributed by atoms with Crippen LogP contribution >= 0.6 is 0 Å². The van der Waals surface area contributed by atoms with E-state index >= 15 is 0 Å². The molecule has 9 nitrogen and oxygen atoms in total. The number of amides is 1. The first-order chi connectivity index (χ1) is 13.3. The first-order valence-corrected chi connectivity index (χ1v) is 8.87. The lowest BCUT2D eigenvalue weighted by Crippen LogP contribution is -2.59. The number of H-pyrrole nitrogens is 1. The van der Waals surface area contributed by atoms with E-state index < -0.39 is 29.6 Å². The molecule has 6 N–H and O–H groups in total. The highest BCUT2D eigenvalue weighted by Crippen LogP contribution is 2.57. The number of aliphatic hydroxyl groups is 1. The predicted molar refractivity (Wildman–Crippen MR) is 95.7 cm³/mol. The van der Waals surface area contributed by atoms with E-state index in [-0.39, 0.29) is 24.4 Å². The zero-order valence-electron chi connectivity index (χ0n) is 14.9. The number of aromatic nitrogens is 1. The summed E-state index contributed by atoms with van der Waals surface area (Å²) in [4.78, 5) is 43.7. The Labute approximate surface area is 159 Å². The third kappa shape index (κ3) is 3.43. The van der Waals surface area contributed by atoms with Crippen molar-refractivity contribution in [3.8, 4) is 0 Å². The van der Waals surface area contributed by atoms with Crippen molar-refractivity contribution in [2.75, 3.05) is 0 Å². The lowest BCUT2D eigenvalue weighted by atomic mass is 9.91. The molecule has 0 saturated heterocycles. The monoisotopic (exact) mass is 387 g/mol. The summed E-state index contributed by atoms with van der Waals surface area (Å²) in [5, 5.41) is 23.2. The van der Waals surface area contributed by atoms with Crippen LogP contribution in [0.15, 0.2) is 30.5 Å². The highest BCUT2D eigenvalue weighted by atomic mass is 16.4. The SMILES string of the molecule is N[C@@H](Cc1c[nH]c2ccccc12)C(=O)N[C@@]1(C(=O)O)C[C@H](O)[C@H]2C[C@H]21.O=C=O. The number of benzene rings is 1. The van der Waals surface area contributed by atoms with Gasteiger partial charge in [-0.05, 0) is 36.3 Å². The quantitative estimate of drug-likeness (QED) is 0.474. The Bertz CT molecular complexity index is 935. The molecule has 0 radical (unpaired) electrons. The summed E-state index contributed by atoms with van der Waals surface area (Å²) in [5.41, 5.74) is 6.54. The second-order valence-electron chi connectivity index (χ2n) is 7.30. The largest absolute Gasteiger partial charge is 0.479 e. The molecule has 2 aromatic rings. The number of aromatic amines is 1. The number of carboxylic acids is 1. The van der Waals surface area contributed by atoms with Crippen LogP contribution in [0.3, 0.4) is 0 Å². The fourth-order valence-electron chi connectivity index (χ4n) is 4.22. The van der Waals surface area contributed by atoms with E-state index in [1.165, 1.54) is 0 Å². The first kappa shape index (κ1) is 19.8. The Morgan fingerprint density at radius 2 is 2.04 bits per heavy atom. The summed E-state index contributed by atoms with van der Waals surface area (Å²) in [7, 11) is 0. The van der Waals surface area contributed by atoms with Crippen LogP contribution in [0.2, 0.25) is 0 Å². The molecule has 1 aromatic carbocycles. The van der Waals surface area contributed by atoms with Crippen molar-refractivity contribution < 1.29 is 29.4 Å². The lowest BCUT2D eigenvalue weighted by molar-refractivity contribution is -0.191. The lowest BCUT2D eigenvalue weighted by Gasteiger charge is -2.29. The van der Waals surface area contributed by atoms with Gasteiger partial charge in [-0.25, -0.2) is 4.79 Å². The zero-order chi connectivity index (χ0) is 20.5. The van der Waals surface area contributed by atoms with Gasteiger partial charge in [0.1, 0.15) is 5.54 Å². The maximum Gasteiger partial charge on any atom is 0.373 e. The molecule has 9 heteroatoms. The minimum absolute atomic E-state index is 0.0266. The summed E-state index contributed by atoms with van der Waals surface area (Å²) >= 11 is 0. The van der Waals surface area contributed by atoms with Crippen molar-refractivity contribution in [3.63, 3.8) is 0 Å². The Hall–Kier alpha value is -3.00. The summed E-state index contributed by atoms with van der Waals surface area (Å²) in [6, 6.07) is 6.87. The molecule has 2 saturated carbocycles. The fraction of sp³-hybridized carbons (Fsp3) is 0.421. The van der Waals surface area contributed by atoms with Crippen LogP contribution in [-0.4, -0.2) is 50.9 Å². The van der Waals surface area contributed by atoms with Crippen LogP contribution in [-0.2, 0) is 25.6 Å². The second-order valence-corrected chi connectivity index (χ2v) is 7.30. The van der Waals surface area contributed by atoms with E-state index in [2.05, 4.69) is 10.3 Å². The molecule has 0 unspecified atom stereocenters. The second kappa shape index (κ2) is 7.55. The summed E-state index contributed by atoms with van der Waals surface area (Å²) in [6.07, 6.45) is 2.38. The fourth-order valence-corrected chi connectivity index (χ4v) is 4.22. The van der Waals surface area contributed by atoms with Crippen molar-refractivity contribution in [3.05, 3.63) is 36.0 Å². The number of hydrogen-bond acceptors (Lipinski definition) is 6. The molecule has 2 aliphatic rings. The molecule has 4 rings (SSSR count). The number of carbonyl (C=O) groups is 2. The van der Waals surface area contributed by atoms with Gasteiger partial charge < -0.3 is 26.2 Å². The average Bonchev–Trinajstić information content (AvgIpc) is 3.30. The Balaban J connectivity index is 0.000000706. The summed E-state index contributed by atoms with van der Waals surface area (Å²) in [5.74, 6) is -1.82. The maximum atomic E-state index is 12.6. The topological polar surface area (TPSA) is 163 Å². The van der Waals surface area contributed by atoms with Crippen LogP contribution in [0.4, 0.5) is 0 Å². The van der Waals surface area contributed by atoms with E-state index in [0.29, 0.717) is 12.8 Å². The van der Waals surface area contributed by atoms with Gasteiger partial charge in [-0.3, -0.25) is 4.79 Å². The van der Waals surface area contributed by atoms with Crippen LogP contribution in [0.5, 0.6) is 0 Å². The van der Waals surface area contributed by atoms with Crippen LogP contribution < -0.4 is 11.1 Å². The molecular formula is C19H21N3O6. The molecule has 148 valence electrons. The van der Waals surface area contributed by atoms with Gasteiger partial charge in [0.25, 0.3) is 0 Å². The highest BCUT2D eigenvalue weighted by molar-refractivity contribution is 5.91. The third-order valence-electron chi connectivity index (χ3n) is 5.68. The molecule has 0 aliphatic heterocycles. The van der Waals surface area contributed by atoms with Gasteiger partial charge in [0.05, 0.1) is 12.1 Å². The number of nitrogens with one attached hydrogen (secondary N) is 2. The number of aliphatic carboxylic acids is 1. The number of fused-ring (bicyclic) bond motifs is 2. The predicted octanol–water partition coefficient (Wildman–Crippen LogP) is -0.206. The molecule has 5 atom stereocenters. The molecule has 1 aromatic heterocycles. The van der Waals surface area contributed by atoms with Crippen molar-refractivity contribution in [1.82, 2.24) is 10.3 Å². The number of para-hydroxylation sites is 1. The van der Waals surface area contributed by atoms with Crippen LogP contribution in [0, 0.1) is 11.8 Å². The molecule has 1 heterocycles. The normalized spacial score (nSPS) is 28.4. The minimum atomic E-state index is -1.39. The highest BCUT2D eigenvalue weighted by Gasteiger charge is 2.67. The Kier molecular flexibility index (Phi) is 5.33. The van der Waals surface area contributed by atoms with Gasteiger partial charge in [0, 0.05) is 23.5 Å².